The van der Waals surface area contributed by atoms with Crippen molar-refractivity contribution in [2.24, 2.45) is 5.10 Å². The molecule has 0 unspecified atom stereocenters. The van der Waals surface area contributed by atoms with E-state index in [0.717, 1.165) is 10.0 Å². The van der Waals surface area contributed by atoms with Crippen LogP contribution in [0.5, 0.6) is 5.75 Å². The Bertz CT molecular complexity index is 835. The van der Waals surface area contributed by atoms with Crippen LogP contribution in [0.1, 0.15) is 36.7 Å². The molecule has 0 bridgehead atoms. The fourth-order valence-corrected chi connectivity index (χ4v) is 2.53. The fraction of sp³-hybridized carbons (Fsp3) is 0.211. The maximum atomic E-state index is 12.2. The Morgan fingerprint density at radius 3 is 2.65 bits per heavy atom. The Balaban J connectivity index is 2.10. The van der Waals surface area contributed by atoms with E-state index < -0.39 is 0 Å². The highest BCUT2D eigenvalue weighted by molar-refractivity contribution is 9.10. The lowest BCUT2D eigenvalue weighted by Gasteiger charge is -2.12. The van der Waals surface area contributed by atoms with Crippen molar-refractivity contribution in [1.82, 2.24) is 5.43 Å². The highest BCUT2D eigenvalue weighted by Gasteiger charge is 2.07. The lowest BCUT2D eigenvalue weighted by Crippen LogP contribution is -2.18. The number of hydrogen-bond acceptors (Lipinski definition) is 4. The third-order valence-electron chi connectivity index (χ3n) is 3.15. The van der Waals surface area contributed by atoms with E-state index in [1.165, 1.54) is 13.1 Å². The molecule has 2 aromatic carbocycles. The van der Waals surface area contributed by atoms with Crippen LogP contribution in [0.4, 0.5) is 5.69 Å². The molecular formula is C19H20BrN3O3. The second-order valence-corrected chi connectivity index (χ2v) is 6.73. The van der Waals surface area contributed by atoms with Gasteiger partial charge >= 0.3 is 0 Å². The third kappa shape index (κ3) is 6.00. The Morgan fingerprint density at radius 1 is 1.19 bits per heavy atom. The van der Waals surface area contributed by atoms with Crippen LogP contribution in [-0.4, -0.2) is 24.1 Å². The average molecular weight is 418 g/mol. The van der Waals surface area contributed by atoms with Crippen LogP contribution in [0.3, 0.4) is 0 Å². The van der Waals surface area contributed by atoms with Gasteiger partial charge in [0.2, 0.25) is 5.91 Å². The minimum atomic E-state index is -0.380. The van der Waals surface area contributed by atoms with Gasteiger partial charge in [0.1, 0.15) is 5.75 Å². The van der Waals surface area contributed by atoms with Crippen LogP contribution in [0, 0.1) is 0 Å². The van der Waals surface area contributed by atoms with Crippen LogP contribution >= 0.6 is 15.9 Å². The monoisotopic (exact) mass is 417 g/mol. The van der Waals surface area contributed by atoms with Gasteiger partial charge in [0, 0.05) is 28.2 Å². The van der Waals surface area contributed by atoms with E-state index in [4.69, 9.17) is 4.74 Å². The molecule has 2 N–H and O–H groups in total. The quantitative estimate of drug-likeness (QED) is 0.551. The first-order valence-corrected chi connectivity index (χ1v) is 8.81. The summed E-state index contributed by atoms with van der Waals surface area (Å²) in [4.78, 5) is 23.3. The van der Waals surface area contributed by atoms with Crippen molar-refractivity contribution in [3.05, 3.63) is 58.1 Å². The molecule has 0 spiro atoms. The average Bonchev–Trinajstić information content (AvgIpc) is 2.56. The van der Waals surface area contributed by atoms with Crippen LogP contribution in [-0.2, 0) is 4.79 Å². The zero-order valence-electron chi connectivity index (χ0n) is 14.7. The predicted molar refractivity (Wildman–Crippen MR) is 106 cm³/mol. The van der Waals surface area contributed by atoms with Gasteiger partial charge in [-0.3, -0.25) is 9.59 Å². The lowest BCUT2D eigenvalue weighted by atomic mass is 10.2. The molecule has 136 valence electrons. The Hall–Kier alpha value is -2.67. The summed E-state index contributed by atoms with van der Waals surface area (Å²) in [6.07, 6.45) is 1.55. The zero-order valence-corrected chi connectivity index (χ0v) is 16.3. The summed E-state index contributed by atoms with van der Waals surface area (Å²) < 4.78 is 6.61. The van der Waals surface area contributed by atoms with Gasteiger partial charge in [-0.1, -0.05) is 22.0 Å². The number of hydrazone groups is 1. The molecule has 0 saturated heterocycles. The first kappa shape index (κ1) is 19.7. The van der Waals surface area contributed by atoms with Crippen LogP contribution in [0.15, 0.2) is 52.0 Å². The van der Waals surface area contributed by atoms with Gasteiger partial charge < -0.3 is 10.1 Å². The van der Waals surface area contributed by atoms with Crippen LogP contribution < -0.4 is 15.5 Å². The van der Waals surface area contributed by atoms with Gasteiger partial charge in [-0.2, -0.15) is 5.10 Å². The maximum absolute atomic E-state index is 12.2. The molecule has 0 aromatic heterocycles. The van der Waals surface area contributed by atoms with E-state index in [-0.39, 0.29) is 17.9 Å². The SMILES string of the molecule is CC(=O)Nc1cccc(C(=O)NN=Cc2cc(Br)ccc2OC(C)C)c1. The molecule has 0 saturated carbocycles. The Labute approximate surface area is 160 Å². The van der Waals surface area contributed by atoms with E-state index in [0.29, 0.717) is 17.0 Å². The molecule has 26 heavy (non-hydrogen) atoms. The standard InChI is InChI=1S/C19H20BrN3O3/c1-12(2)26-18-8-7-16(20)9-15(18)11-21-23-19(25)14-5-4-6-17(10-14)22-13(3)24/h4-12H,1-3H3,(H,22,24)(H,23,25). The summed E-state index contributed by atoms with van der Waals surface area (Å²) >= 11 is 3.41. The molecule has 2 aromatic rings. The first-order valence-electron chi connectivity index (χ1n) is 8.02. The van der Waals surface area contributed by atoms with Gasteiger partial charge in [-0.05, 0) is 50.2 Å². The summed E-state index contributed by atoms with van der Waals surface area (Å²) in [5.41, 5.74) is 4.15. The Kier molecular flexibility index (Phi) is 6.91. The largest absolute Gasteiger partial charge is 0.490 e. The number of amides is 2. The third-order valence-corrected chi connectivity index (χ3v) is 3.64. The number of benzene rings is 2. The molecule has 0 heterocycles. The van der Waals surface area contributed by atoms with Crippen molar-refractivity contribution >= 4 is 39.6 Å². The number of hydrogen-bond donors (Lipinski definition) is 2. The number of ether oxygens (including phenoxy) is 1. The molecule has 0 fully saturated rings. The molecule has 2 rings (SSSR count). The summed E-state index contributed by atoms with van der Waals surface area (Å²) in [6.45, 7) is 5.28. The summed E-state index contributed by atoms with van der Waals surface area (Å²) in [6, 6.07) is 12.2. The Morgan fingerprint density at radius 2 is 1.96 bits per heavy atom. The highest BCUT2D eigenvalue weighted by atomic mass is 79.9. The smallest absolute Gasteiger partial charge is 0.271 e. The molecule has 0 atom stereocenters. The van der Waals surface area contributed by atoms with E-state index in [9.17, 15) is 9.59 Å². The van der Waals surface area contributed by atoms with E-state index in [1.807, 2.05) is 32.0 Å². The second kappa shape index (κ2) is 9.15. The van der Waals surface area contributed by atoms with Crippen molar-refractivity contribution in [2.45, 2.75) is 26.9 Å². The first-order chi connectivity index (χ1) is 12.3. The predicted octanol–water partition coefficient (Wildman–Crippen LogP) is 3.96. The van der Waals surface area contributed by atoms with Crippen molar-refractivity contribution in [2.75, 3.05) is 5.32 Å². The minimum absolute atomic E-state index is 0.0226. The van der Waals surface area contributed by atoms with Crippen molar-refractivity contribution < 1.29 is 14.3 Å². The molecule has 0 aliphatic rings. The minimum Gasteiger partial charge on any atom is -0.490 e. The number of rotatable bonds is 6. The fourth-order valence-electron chi connectivity index (χ4n) is 2.15. The number of carbonyl (C=O) groups excluding carboxylic acids is 2. The zero-order chi connectivity index (χ0) is 19.1. The van der Waals surface area contributed by atoms with Gasteiger partial charge in [-0.25, -0.2) is 5.43 Å². The summed E-state index contributed by atoms with van der Waals surface area (Å²) in [5, 5.41) is 6.64. The molecule has 0 aliphatic heterocycles. The molecule has 7 heteroatoms. The number of halogens is 1. The van der Waals surface area contributed by atoms with E-state index >= 15 is 0 Å². The molecular weight excluding hydrogens is 398 g/mol. The van der Waals surface area contributed by atoms with Crippen LogP contribution in [0.2, 0.25) is 0 Å². The second-order valence-electron chi connectivity index (χ2n) is 5.81. The highest BCUT2D eigenvalue weighted by Crippen LogP contribution is 2.22. The number of anilines is 1. The topological polar surface area (TPSA) is 79.8 Å². The van der Waals surface area contributed by atoms with Gasteiger partial charge in [0.05, 0.1) is 12.3 Å². The maximum Gasteiger partial charge on any atom is 0.271 e. The van der Waals surface area contributed by atoms with E-state index in [2.05, 4.69) is 31.8 Å². The lowest BCUT2D eigenvalue weighted by molar-refractivity contribution is -0.114. The molecule has 2 amide bonds. The number of nitrogens with zero attached hydrogens (tertiary/aromatic N) is 1. The molecule has 0 aliphatic carbocycles. The van der Waals surface area contributed by atoms with Gasteiger partial charge in [0.25, 0.3) is 5.91 Å². The van der Waals surface area contributed by atoms with Gasteiger partial charge in [0.15, 0.2) is 0 Å². The normalized spacial score (nSPS) is 10.8. The van der Waals surface area contributed by atoms with Crippen molar-refractivity contribution in [3.8, 4) is 5.75 Å². The number of carbonyl (C=O) groups is 2. The molecule has 6 nitrogen and oxygen atoms in total. The summed E-state index contributed by atoms with van der Waals surface area (Å²) in [5.74, 6) is 0.0940. The summed E-state index contributed by atoms with van der Waals surface area (Å²) in [7, 11) is 0. The van der Waals surface area contributed by atoms with Gasteiger partial charge in [-0.15, -0.1) is 0 Å². The van der Waals surface area contributed by atoms with Crippen molar-refractivity contribution in [3.63, 3.8) is 0 Å². The number of nitrogens with one attached hydrogen (secondary N) is 2. The van der Waals surface area contributed by atoms with Crippen LogP contribution in [0.25, 0.3) is 0 Å². The molecule has 0 radical (unpaired) electrons. The van der Waals surface area contributed by atoms with E-state index in [1.54, 1.807) is 24.3 Å². The van der Waals surface area contributed by atoms with Crippen molar-refractivity contribution in [1.29, 1.82) is 0 Å².